The van der Waals surface area contributed by atoms with Crippen LogP contribution in [-0.2, 0) is 22.7 Å². The number of nitrogens with zero attached hydrogens (tertiary/aromatic N) is 2. The molecule has 0 radical (unpaired) electrons. The zero-order chi connectivity index (χ0) is 20.7. The average molecular weight is 411 g/mol. The SMILES string of the molecule is O=C1CCC(N2Cc3cccc(CN(CC4CC4)C4CCCNC4)c3C2=O)C(=O)N1. The van der Waals surface area contributed by atoms with Gasteiger partial charge in [-0.3, -0.25) is 24.6 Å². The number of piperidine rings is 2. The molecule has 2 atom stereocenters. The third-order valence-electron chi connectivity index (χ3n) is 6.99. The summed E-state index contributed by atoms with van der Waals surface area (Å²) >= 11 is 0. The third-order valence-corrected chi connectivity index (χ3v) is 6.99. The summed E-state index contributed by atoms with van der Waals surface area (Å²) in [4.78, 5) is 41.4. The third kappa shape index (κ3) is 3.88. The average Bonchev–Trinajstić information content (AvgIpc) is 3.50. The highest BCUT2D eigenvalue weighted by Gasteiger charge is 2.40. The summed E-state index contributed by atoms with van der Waals surface area (Å²) in [5, 5.41) is 5.91. The molecule has 2 unspecified atom stereocenters. The van der Waals surface area contributed by atoms with Gasteiger partial charge in [-0.25, -0.2) is 0 Å². The minimum absolute atomic E-state index is 0.0664. The van der Waals surface area contributed by atoms with Gasteiger partial charge in [-0.1, -0.05) is 18.2 Å². The predicted octanol–water partition coefficient (Wildman–Crippen LogP) is 1.41. The number of benzene rings is 1. The molecule has 1 aliphatic carbocycles. The van der Waals surface area contributed by atoms with Crippen molar-refractivity contribution in [1.82, 2.24) is 20.4 Å². The van der Waals surface area contributed by atoms with Crippen LogP contribution >= 0.6 is 0 Å². The van der Waals surface area contributed by atoms with Gasteiger partial charge in [0.05, 0.1) is 0 Å². The first-order chi connectivity index (χ1) is 14.6. The van der Waals surface area contributed by atoms with Gasteiger partial charge in [0.2, 0.25) is 11.8 Å². The molecule has 1 saturated carbocycles. The molecule has 3 aliphatic heterocycles. The van der Waals surface area contributed by atoms with Crippen LogP contribution in [0.25, 0.3) is 0 Å². The van der Waals surface area contributed by atoms with E-state index in [4.69, 9.17) is 0 Å². The number of nitrogens with one attached hydrogen (secondary N) is 2. The number of fused-ring (bicyclic) bond motifs is 1. The van der Waals surface area contributed by atoms with Crippen molar-refractivity contribution in [2.75, 3.05) is 19.6 Å². The van der Waals surface area contributed by atoms with Crippen LogP contribution in [0.15, 0.2) is 18.2 Å². The van der Waals surface area contributed by atoms with Crippen LogP contribution in [0.3, 0.4) is 0 Å². The van der Waals surface area contributed by atoms with Gasteiger partial charge in [0.25, 0.3) is 5.91 Å². The first kappa shape index (κ1) is 19.7. The van der Waals surface area contributed by atoms with E-state index in [2.05, 4.69) is 21.6 Å². The second-order valence-corrected chi connectivity index (χ2v) is 9.22. The first-order valence-corrected chi connectivity index (χ1v) is 11.3. The predicted molar refractivity (Wildman–Crippen MR) is 112 cm³/mol. The normalized spacial score (nSPS) is 26.8. The zero-order valence-electron chi connectivity index (χ0n) is 17.4. The molecule has 7 nitrogen and oxygen atoms in total. The van der Waals surface area contributed by atoms with E-state index >= 15 is 0 Å². The minimum Gasteiger partial charge on any atom is -0.322 e. The molecule has 2 saturated heterocycles. The summed E-state index contributed by atoms with van der Waals surface area (Å²) in [5.74, 6) is 0.123. The van der Waals surface area contributed by atoms with E-state index in [1.54, 1.807) is 4.90 Å². The summed E-state index contributed by atoms with van der Waals surface area (Å²) in [6.07, 6.45) is 5.71. The lowest BCUT2D eigenvalue weighted by atomic mass is 10.00. The number of carbonyl (C=O) groups excluding carboxylic acids is 3. The lowest BCUT2D eigenvalue weighted by molar-refractivity contribution is -0.136. The topological polar surface area (TPSA) is 81.8 Å². The lowest BCUT2D eigenvalue weighted by Gasteiger charge is -2.35. The maximum Gasteiger partial charge on any atom is 0.255 e. The first-order valence-electron chi connectivity index (χ1n) is 11.3. The summed E-state index contributed by atoms with van der Waals surface area (Å²) in [6.45, 7) is 4.43. The van der Waals surface area contributed by atoms with E-state index < -0.39 is 6.04 Å². The molecule has 3 heterocycles. The smallest absolute Gasteiger partial charge is 0.255 e. The van der Waals surface area contributed by atoms with Crippen molar-refractivity contribution in [2.45, 2.75) is 63.7 Å². The molecule has 3 amide bonds. The Hall–Kier alpha value is -2.25. The van der Waals surface area contributed by atoms with Crippen molar-refractivity contribution < 1.29 is 14.4 Å². The second-order valence-electron chi connectivity index (χ2n) is 9.22. The Labute approximate surface area is 177 Å². The summed E-state index contributed by atoms with van der Waals surface area (Å²) in [6, 6.07) is 6.05. The monoisotopic (exact) mass is 410 g/mol. The largest absolute Gasteiger partial charge is 0.322 e. The number of hydrogen-bond donors (Lipinski definition) is 2. The fraction of sp³-hybridized carbons (Fsp3) is 0.609. The van der Waals surface area contributed by atoms with Crippen LogP contribution in [0.2, 0.25) is 0 Å². The molecular weight excluding hydrogens is 380 g/mol. The van der Waals surface area contributed by atoms with Gasteiger partial charge < -0.3 is 10.2 Å². The van der Waals surface area contributed by atoms with E-state index in [9.17, 15) is 14.4 Å². The quantitative estimate of drug-likeness (QED) is 0.693. The van der Waals surface area contributed by atoms with Gasteiger partial charge in [-0.15, -0.1) is 0 Å². The Morgan fingerprint density at radius 1 is 1.10 bits per heavy atom. The summed E-state index contributed by atoms with van der Waals surface area (Å²) < 4.78 is 0. The molecule has 0 bridgehead atoms. The highest BCUT2D eigenvalue weighted by molar-refractivity contribution is 6.05. The van der Waals surface area contributed by atoms with Crippen molar-refractivity contribution in [1.29, 1.82) is 0 Å². The minimum atomic E-state index is -0.555. The van der Waals surface area contributed by atoms with Gasteiger partial charge in [0, 0.05) is 44.2 Å². The van der Waals surface area contributed by atoms with E-state index in [1.165, 1.54) is 25.7 Å². The summed E-state index contributed by atoms with van der Waals surface area (Å²) in [5.41, 5.74) is 2.83. The Balaban J connectivity index is 1.37. The number of imide groups is 1. The highest BCUT2D eigenvalue weighted by Crippen LogP contribution is 2.34. The van der Waals surface area contributed by atoms with Crippen LogP contribution in [0.4, 0.5) is 0 Å². The molecule has 7 heteroatoms. The molecule has 3 fully saturated rings. The number of amides is 3. The van der Waals surface area contributed by atoms with Crippen LogP contribution in [0.5, 0.6) is 0 Å². The van der Waals surface area contributed by atoms with Crippen LogP contribution in [0, 0.1) is 5.92 Å². The van der Waals surface area contributed by atoms with E-state index in [0.717, 1.165) is 48.8 Å². The van der Waals surface area contributed by atoms with Crippen molar-refractivity contribution in [2.24, 2.45) is 5.92 Å². The van der Waals surface area contributed by atoms with Gasteiger partial charge in [0.1, 0.15) is 6.04 Å². The fourth-order valence-electron chi connectivity index (χ4n) is 5.16. The Kier molecular flexibility index (Phi) is 5.33. The molecule has 0 spiro atoms. The Bertz CT molecular complexity index is 860. The van der Waals surface area contributed by atoms with E-state index in [1.807, 2.05) is 12.1 Å². The lowest BCUT2D eigenvalue weighted by Crippen LogP contribution is -2.52. The van der Waals surface area contributed by atoms with Crippen LogP contribution in [0.1, 0.15) is 60.0 Å². The maximum absolute atomic E-state index is 13.4. The molecular formula is C23H30N4O3. The van der Waals surface area contributed by atoms with E-state index in [-0.39, 0.29) is 24.1 Å². The zero-order valence-corrected chi connectivity index (χ0v) is 17.4. The Morgan fingerprint density at radius 2 is 1.97 bits per heavy atom. The second kappa shape index (κ2) is 8.12. The molecule has 4 aliphatic rings. The van der Waals surface area contributed by atoms with Gasteiger partial charge in [0.15, 0.2) is 0 Å². The standard InChI is InChI=1S/C23H30N4O3/c28-20-9-8-19(22(29)25-20)27-14-17-4-1-3-16(21(17)23(27)30)13-26(12-15-6-7-15)18-5-2-10-24-11-18/h1,3-4,15,18-19,24H,2,5-14H2,(H,25,28,29). The van der Waals surface area contributed by atoms with Gasteiger partial charge in [-0.05, 0) is 55.7 Å². The molecule has 1 aromatic rings. The molecule has 1 aromatic carbocycles. The van der Waals surface area contributed by atoms with Gasteiger partial charge >= 0.3 is 0 Å². The van der Waals surface area contributed by atoms with Gasteiger partial charge in [-0.2, -0.15) is 0 Å². The fourth-order valence-corrected chi connectivity index (χ4v) is 5.16. The number of carbonyl (C=O) groups is 3. The number of hydrogen-bond acceptors (Lipinski definition) is 5. The molecule has 30 heavy (non-hydrogen) atoms. The molecule has 5 rings (SSSR count). The van der Waals surface area contributed by atoms with Crippen molar-refractivity contribution in [3.63, 3.8) is 0 Å². The Morgan fingerprint density at radius 3 is 2.70 bits per heavy atom. The number of rotatable bonds is 6. The molecule has 2 N–H and O–H groups in total. The maximum atomic E-state index is 13.4. The van der Waals surface area contributed by atoms with Crippen molar-refractivity contribution >= 4 is 17.7 Å². The van der Waals surface area contributed by atoms with Crippen molar-refractivity contribution in [3.05, 3.63) is 34.9 Å². The molecule has 0 aromatic heterocycles. The van der Waals surface area contributed by atoms with Crippen LogP contribution in [-0.4, -0.2) is 59.2 Å². The summed E-state index contributed by atoms with van der Waals surface area (Å²) in [7, 11) is 0. The van der Waals surface area contributed by atoms with E-state index in [0.29, 0.717) is 19.0 Å². The highest BCUT2D eigenvalue weighted by atomic mass is 16.2. The van der Waals surface area contributed by atoms with Crippen LogP contribution < -0.4 is 10.6 Å². The molecule has 160 valence electrons. The van der Waals surface area contributed by atoms with Crippen molar-refractivity contribution in [3.8, 4) is 0 Å².